The summed E-state index contributed by atoms with van der Waals surface area (Å²) >= 11 is 5.83. The molecule has 25 heavy (non-hydrogen) atoms. The van der Waals surface area contributed by atoms with Gasteiger partial charge in [0.25, 0.3) is 5.91 Å². The van der Waals surface area contributed by atoms with Crippen LogP contribution in [-0.2, 0) is 0 Å². The Morgan fingerprint density at radius 1 is 1.20 bits per heavy atom. The van der Waals surface area contributed by atoms with E-state index < -0.39 is 11.9 Å². The molecule has 0 unspecified atom stereocenters. The van der Waals surface area contributed by atoms with Crippen LogP contribution in [0, 0.1) is 0 Å². The Morgan fingerprint density at radius 3 is 2.56 bits per heavy atom. The zero-order chi connectivity index (χ0) is 18.4. The van der Waals surface area contributed by atoms with E-state index in [1.54, 1.807) is 24.3 Å². The van der Waals surface area contributed by atoms with Gasteiger partial charge in [0.2, 0.25) is 0 Å². The van der Waals surface area contributed by atoms with Crippen molar-refractivity contribution >= 4 is 29.7 Å². The summed E-state index contributed by atoms with van der Waals surface area (Å²) in [6, 6.07) is 9.40. The summed E-state index contributed by atoms with van der Waals surface area (Å²) < 4.78 is 10.2. The van der Waals surface area contributed by atoms with Crippen LogP contribution in [0.25, 0.3) is 0 Å². The number of nitrogens with one attached hydrogen (secondary N) is 1. The lowest BCUT2D eigenvalue weighted by molar-refractivity contribution is 0.0692. The van der Waals surface area contributed by atoms with E-state index in [1.165, 1.54) is 32.6 Å². The van der Waals surface area contributed by atoms with Gasteiger partial charge in [-0.1, -0.05) is 17.7 Å². The van der Waals surface area contributed by atoms with E-state index in [0.29, 0.717) is 10.6 Å². The van der Waals surface area contributed by atoms with Crippen molar-refractivity contribution in [2.24, 2.45) is 5.10 Å². The van der Waals surface area contributed by atoms with Crippen molar-refractivity contribution in [3.63, 3.8) is 0 Å². The third-order valence-electron chi connectivity index (χ3n) is 3.25. The zero-order valence-electron chi connectivity index (χ0n) is 13.4. The molecule has 2 aromatic rings. The van der Waals surface area contributed by atoms with Crippen LogP contribution in [0.2, 0.25) is 5.02 Å². The number of benzene rings is 2. The Bertz CT molecular complexity index is 836. The van der Waals surface area contributed by atoms with E-state index in [9.17, 15) is 14.7 Å². The number of hydrogen-bond donors (Lipinski definition) is 2. The summed E-state index contributed by atoms with van der Waals surface area (Å²) in [7, 11) is 2.74. The molecule has 0 aliphatic rings. The summed E-state index contributed by atoms with van der Waals surface area (Å²) in [5, 5.41) is 13.6. The molecule has 130 valence electrons. The topological polar surface area (TPSA) is 97.2 Å². The van der Waals surface area contributed by atoms with Gasteiger partial charge in [-0.3, -0.25) is 4.79 Å². The Labute approximate surface area is 148 Å². The number of methoxy groups -OCH3 is 2. The standard InChI is InChI=1S/C17H15ClN2O5/c1-24-13-7-6-11(14(17(22)23)15(13)25-2)9-19-20-16(21)10-4-3-5-12(18)8-10/h3-9H,1-2H3,(H,20,21)(H,22,23)/b19-9+. The fraction of sp³-hybridized carbons (Fsp3) is 0.118. The van der Waals surface area contributed by atoms with Crippen LogP contribution in [0.15, 0.2) is 41.5 Å². The molecule has 2 aromatic carbocycles. The highest BCUT2D eigenvalue weighted by Gasteiger charge is 2.20. The lowest BCUT2D eigenvalue weighted by Crippen LogP contribution is -2.18. The van der Waals surface area contributed by atoms with E-state index >= 15 is 0 Å². The summed E-state index contributed by atoms with van der Waals surface area (Å²) in [5.41, 5.74) is 2.77. The van der Waals surface area contributed by atoms with Crippen molar-refractivity contribution in [1.29, 1.82) is 0 Å². The van der Waals surface area contributed by atoms with Crippen LogP contribution >= 0.6 is 11.6 Å². The van der Waals surface area contributed by atoms with Gasteiger partial charge >= 0.3 is 5.97 Å². The average molecular weight is 363 g/mol. The maximum Gasteiger partial charge on any atom is 0.340 e. The number of hydrazone groups is 1. The molecule has 0 aliphatic heterocycles. The first-order valence-electron chi connectivity index (χ1n) is 7.05. The van der Waals surface area contributed by atoms with Crippen LogP contribution in [0.5, 0.6) is 11.5 Å². The predicted octanol–water partition coefficient (Wildman–Crippen LogP) is 2.82. The van der Waals surface area contributed by atoms with Gasteiger partial charge in [-0.2, -0.15) is 5.10 Å². The largest absolute Gasteiger partial charge is 0.493 e. The number of carboxylic acid groups (broad SMARTS) is 1. The Kier molecular flexibility index (Phi) is 5.97. The summed E-state index contributed by atoms with van der Waals surface area (Å²) in [4.78, 5) is 23.5. The maximum absolute atomic E-state index is 12.0. The van der Waals surface area contributed by atoms with Crippen LogP contribution in [0.3, 0.4) is 0 Å². The van der Waals surface area contributed by atoms with E-state index in [4.69, 9.17) is 21.1 Å². The maximum atomic E-state index is 12.0. The molecule has 0 fully saturated rings. The van der Waals surface area contributed by atoms with Gasteiger partial charge in [0.05, 0.1) is 20.4 Å². The fourth-order valence-corrected chi connectivity index (χ4v) is 2.32. The summed E-state index contributed by atoms with van der Waals surface area (Å²) in [6.45, 7) is 0. The van der Waals surface area contributed by atoms with Crippen LogP contribution < -0.4 is 14.9 Å². The molecule has 1 amide bonds. The van der Waals surface area contributed by atoms with Gasteiger partial charge in [-0.05, 0) is 30.3 Å². The number of aromatic carboxylic acids is 1. The van der Waals surface area contributed by atoms with E-state index in [0.717, 1.165) is 0 Å². The number of hydrogen-bond acceptors (Lipinski definition) is 5. The minimum Gasteiger partial charge on any atom is -0.493 e. The molecule has 0 aromatic heterocycles. The molecule has 2 N–H and O–H groups in total. The third-order valence-corrected chi connectivity index (χ3v) is 3.48. The van der Waals surface area contributed by atoms with E-state index in [-0.39, 0.29) is 22.6 Å². The Balaban J connectivity index is 2.26. The van der Waals surface area contributed by atoms with Gasteiger partial charge < -0.3 is 14.6 Å². The minimum absolute atomic E-state index is 0.0696. The number of carboxylic acids is 1. The highest BCUT2D eigenvalue weighted by Crippen LogP contribution is 2.32. The highest BCUT2D eigenvalue weighted by atomic mass is 35.5. The summed E-state index contributed by atoms with van der Waals surface area (Å²) in [6.07, 6.45) is 1.22. The quantitative estimate of drug-likeness (QED) is 0.608. The molecule has 0 aliphatic carbocycles. The smallest absolute Gasteiger partial charge is 0.340 e. The third kappa shape index (κ3) is 4.27. The highest BCUT2D eigenvalue weighted by molar-refractivity contribution is 6.30. The van der Waals surface area contributed by atoms with Gasteiger partial charge in [0, 0.05) is 16.1 Å². The molecule has 0 heterocycles. The van der Waals surface area contributed by atoms with Crippen molar-refractivity contribution in [2.45, 2.75) is 0 Å². The average Bonchev–Trinajstić information content (AvgIpc) is 2.60. The second-order valence-electron chi connectivity index (χ2n) is 4.78. The van der Waals surface area contributed by atoms with Crippen molar-refractivity contribution < 1.29 is 24.2 Å². The number of ether oxygens (including phenoxy) is 2. The summed E-state index contributed by atoms with van der Waals surface area (Å²) in [5.74, 6) is -1.34. The van der Waals surface area contributed by atoms with Crippen LogP contribution in [0.1, 0.15) is 26.3 Å². The molecular formula is C17H15ClN2O5. The van der Waals surface area contributed by atoms with Crippen molar-refractivity contribution in [2.75, 3.05) is 14.2 Å². The number of halogens is 1. The van der Waals surface area contributed by atoms with E-state index in [1.807, 2.05) is 0 Å². The molecule has 0 spiro atoms. The monoisotopic (exact) mass is 362 g/mol. The number of carbonyl (C=O) groups excluding carboxylic acids is 1. The molecule has 0 saturated carbocycles. The van der Waals surface area contributed by atoms with E-state index in [2.05, 4.69) is 10.5 Å². The number of amides is 1. The van der Waals surface area contributed by atoms with Gasteiger partial charge in [0.1, 0.15) is 5.56 Å². The van der Waals surface area contributed by atoms with Crippen molar-refractivity contribution in [3.8, 4) is 11.5 Å². The first-order chi connectivity index (χ1) is 12.0. The minimum atomic E-state index is -1.21. The SMILES string of the molecule is COc1ccc(/C=N/NC(=O)c2cccc(Cl)c2)c(C(=O)O)c1OC. The molecule has 0 radical (unpaired) electrons. The number of nitrogens with zero attached hydrogens (tertiary/aromatic N) is 1. The molecule has 0 saturated heterocycles. The molecule has 7 nitrogen and oxygen atoms in total. The molecule has 0 bridgehead atoms. The van der Waals surface area contributed by atoms with Crippen LogP contribution in [0.4, 0.5) is 0 Å². The predicted molar refractivity (Wildman–Crippen MR) is 93.0 cm³/mol. The second-order valence-corrected chi connectivity index (χ2v) is 5.22. The second kappa shape index (κ2) is 8.16. The normalized spacial score (nSPS) is 10.5. The van der Waals surface area contributed by atoms with Crippen molar-refractivity contribution in [3.05, 3.63) is 58.1 Å². The van der Waals surface area contributed by atoms with Gasteiger partial charge in [-0.25, -0.2) is 10.2 Å². The molecule has 0 atom stereocenters. The number of rotatable bonds is 6. The lowest BCUT2D eigenvalue weighted by Gasteiger charge is -2.12. The lowest BCUT2D eigenvalue weighted by atomic mass is 10.1. The van der Waals surface area contributed by atoms with Crippen LogP contribution in [-0.4, -0.2) is 37.4 Å². The zero-order valence-corrected chi connectivity index (χ0v) is 14.2. The Hall–Kier alpha value is -3.06. The molecule has 2 rings (SSSR count). The molecular weight excluding hydrogens is 348 g/mol. The Morgan fingerprint density at radius 2 is 1.96 bits per heavy atom. The van der Waals surface area contributed by atoms with Gasteiger partial charge in [-0.15, -0.1) is 0 Å². The first-order valence-corrected chi connectivity index (χ1v) is 7.43. The first kappa shape index (κ1) is 18.3. The molecule has 8 heteroatoms. The number of carbonyl (C=O) groups is 2. The fourth-order valence-electron chi connectivity index (χ4n) is 2.13. The van der Waals surface area contributed by atoms with Crippen molar-refractivity contribution in [1.82, 2.24) is 5.43 Å². The van der Waals surface area contributed by atoms with Gasteiger partial charge in [0.15, 0.2) is 11.5 Å².